The lowest BCUT2D eigenvalue weighted by atomic mass is 10.1. The Bertz CT molecular complexity index is 597. The molecule has 1 amide bonds. The highest BCUT2D eigenvalue weighted by Gasteiger charge is 2.56. The average Bonchev–Trinajstić information content (AvgIpc) is 3.05. The number of aryl methyl sites for hydroxylation is 1. The molecule has 3 atom stereocenters. The average molecular weight is 274 g/mol. The van der Waals surface area contributed by atoms with Crippen LogP contribution in [-0.4, -0.2) is 16.1 Å². The third-order valence-electron chi connectivity index (χ3n) is 3.58. The highest BCUT2D eigenvalue weighted by atomic mass is 32.1. The Kier molecular flexibility index (Phi) is 3.08. The van der Waals surface area contributed by atoms with Gasteiger partial charge in [0.2, 0.25) is 5.91 Å². The molecule has 1 aliphatic carbocycles. The minimum absolute atomic E-state index is 0.126. The van der Waals surface area contributed by atoms with Crippen LogP contribution in [0.15, 0.2) is 36.5 Å². The Morgan fingerprint density at radius 2 is 2.05 bits per heavy atom. The molecule has 1 aliphatic rings. The second-order valence-corrected chi connectivity index (χ2v) is 6.01. The van der Waals surface area contributed by atoms with Crippen molar-refractivity contribution in [2.45, 2.75) is 18.8 Å². The molecule has 1 saturated carbocycles. The monoisotopic (exact) mass is 274 g/mol. The Morgan fingerprint density at radius 3 is 2.63 bits per heavy atom. The lowest BCUT2D eigenvalue weighted by molar-refractivity contribution is -0.130. The SMILES string of the molecule is Cc1ncc([C@H]2[C@H](C(=O)NO)[C@@H]2c2ccccc2)s1. The Balaban J connectivity index is 1.92. The first-order chi connectivity index (χ1) is 9.22. The number of hydrogen-bond acceptors (Lipinski definition) is 4. The number of aromatic nitrogens is 1. The first kappa shape index (κ1) is 12.3. The number of hydroxylamine groups is 1. The van der Waals surface area contributed by atoms with Crippen molar-refractivity contribution >= 4 is 17.2 Å². The second-order valence-electron chi connectivity index (χ2n) is 4.75. The number of carbonyl (C=O) groups is 1. The third kappa shape index (κ3) is 2.15. The molecular formula is C14H14N2O2S. The van der Waals surface area contributed by atoms with Crippen molar-refractivity contribution in [3.8, 4) is 0 Å². The van der Waals surface area contributed by atoms with Gasteiger partial charge < -0.3 is 0 Å². The molecule has 0 aliphatic heterocycles. The zero-order chi connectivity index (χ0) is 13.4. The summed E-state index contributed by atoms with van der Waals surface area (Å²) in [4.78, 5) is 17.1. The lowest BCUT2D eigenvalue weighted by Gasteiger charge is -1.98. The van der Waals surface area contributed by atoms with Crippen LogP contribution in [0.1, 0.15) is 27.3 Å². The van der Waals surface area contributed by atoms with Crippen molar-refractivity contribution in [3.63, 3.8) is 0 Å². The van der Waals surface area contributed by atoms with Crippen molar-refractivity contribution in [2.75, 3.05) is 0 Å². The molecule has 4 nitrogen and oxygen atoms in total. The van der Waals surface area contributed by atoms with Crippen LogP contribution in [0, 0.1) is 12.8 Å². The van der Waals surface area contributed by atoms with Gasteiger partial charge in [-0.05, 0) is 12.5 Å². The van der Waals surface area contributed by atoms with Gasteiger partial charge in [0, 0.05) is 22.9 Å². The van der Waals surface area contributed by atoms with E-state index >= 15 is 0 Å². The van der Waals surface area contributed by atoms with E-state index in [4.69, 9.17) is 5.21 Å². The van der Waals surface area contributed by atoms with Crippen LogP contribution < -0.4 is 5.48 Å². The van der Waals surface area contributed by atoms with Gasteiger partial charge in [-0.15, -0.1) is 11.3 Å². The summed E-state index contributed by atoms with van der Waals surface area (Å²) in [5.74, 6) is -0.258. The lowest BCUT2D eigenvalue weighted by Crippen LogP contribution is -2.21. The molecular weight excluding hydrogens is 260 g/mol. The Hall–Kier alpha value is -1.72. The van der Waals surface area contributed by atoms with E-state index < -0.39 is 0 Å². The summed E-state index contributed by atoms with van der Waals surface area (Å²) >= 11 is 1.62. The predicted molar refractivity (Wildman–Crippen MR) is 72.2 cm³/mol. The Morgan fingerprint density at radius 1 is 1.32 bits per heavy atom. The number of benzene rings is 1. The summed E-state index contributed by atoms with van der Waals surface area (Å²) in [6.07, 6.45) is 1.84. The molecule has 2 aromatic rings. The zero-order valence-corrected chi connectivity index (χ0v) is 11.2. The highest BCUT2D eigenvalue weighted by molar-refractivity contribution is 7.11. The van der Waals surface area contributed by atoms with Crippen LogP contribution in [0.5, 0.6) is 0 Å². The number of carbonyl (C=O) groups excluding carboxylic acids is 1. The van der Waals surface area contributed by atoms with Gasteiger partial charge in [0.15, 0.2) is 0 Å². The van der Waals surface area contributed by atoms with E-state index in [-0.39, 0.29) is 23.7 Å². The minimum Gasteiger partial charge on any atom is -0.289 e. The summed E-state index contributed by atoms with van der Waals surface area (Å²) in [6.45, 7) is 1.95. The maximum absolute atomic E-state index is 11.8. The van der Waals surface area contributed by atoms with Gasteiger partial charge in [-0.1, -0.05) is 30.3 Å². The van der Waals surface area contributed by atoms with Crippen molar-refractivity contribution in [2.24, 2.45) is 5.92 Å². The number of nitrogens with one attached hydrogen (secondary N) is 1. The third-order valence-corrected chi connectivity index (χ3v) is 4.60. The number of nitrogens with zero attached hydrogens (tertiary/aromatic N) is 1. The van der Waals surface area contributed by atoms with E-state index in [2.05, 4.69) is 4.98 Å². The molecule has 98 valence electrons. The minimum atomic E-state index is -0.315. The van der Waals surface area contributed by atoms with Crippen LogP contribution in [0.4, 0.5) is 0 Å². The molecule has 5 heteroatoms. The quantitative estimate of drug-likeness (QED) is 0.667. The molecule has 0 saturated heterocycles. The molecule has 1 heterocycles. The fourth-order valence-corrected chi connectivity index (χ4v) is 3.67. The first-order valence-electron chi connectivity index (χ1n) is 6.13. The van der Waals surface area contributed by atoms with E-state index in [1.54, 1.807) is 16.8 Å². The normalized spacial score (nSPS) is 25.1. The smallest absolute Gasteiger partial charge is 0.247 e. The van der Waals surface area contributed by atoms with Crippen LogP contribution in [-0.2, 0) is 4.79 Å². The van der Waals surface area contributed by atoms with Crippen molar-refractivity contribution in [3.05, 3.63) is 52.0 Å². The van der Waals surface area contributed by atoms with Crippen LogP contribution in [0.3, 0.4) is 0 Å². The highest BCUT2D eigenvalue weighted by Crippen LogP contribution is 2.61. The maximum Gasteiger partial charge on any atom is 0.247 e. The van der Waals surface area contributed by atoms with Gasteiger partial charge in [-0.25, -0.2) is 10.5 Å². The van der Waals surface area contributed by atoms with Crippen LogP contribution in [0.25, 0.3) is 0 Å². The first-order valence-corrected chi connectivity index (χ1v) is 6.95. The molecule has 3 rings (SSSR count). The fourth-order valence-electron chi connectivity index (χ4n) is 2.69. The Labute approximate surface area is 115 Å². The van der Waals surface area contributed by atoms with Gasteiger partial charge in [-0.3, -0.25) is 10.0 Å². The van der Waals surface area contributed by atoms with E-state index in [1.807, 2.05) is 43.5 Å². The van der Waals surface area contributed by atoms with Crippen LogP contribution >= 0.6 is 11.3 Å². The molecule has 19 heavy (non-hydrogen) atoms. The van der Waals surface area contributed by atoms with Gasteiger partial charge in [0.25, 0.3) is 0 Å². The molecule has 0 unspecified atom stereocenters. The van der Waals surface area contributed by atoms with Crippen molar-refractivity contribution in [1.29, 1.82) is 0 Å². The van der Waals surface area contributed by atoms with E-state index in [9.17, 15) is 4.79 Å². The second kappa shape index (κ2) is 4.75. The van der Waals surface area contributed by atoms with Crippen molar-refractivity contribution in [1.82, 2.24) is 10.5 Å². The maximum atomic E-state index is 11.8. The molecule has 0 bridgehead atoms. The summed E-state index contributed by atoms with van der Waals surface area (Å²) < 4.78 is 0. The van der Waals surface area contributed by atoms with Gasteiger partial charge in [0.1, 0.15) is 0 Å². The van der Waals surface area contributed by atoms with Gasteiger partial charge >= 0.3 is 0 Å². The van der Waals surface area contributed by atoms with E-state index in [0.29, 0.717) is 0 Å². The summed E-state index contributed by atoms with van der Waals surface area (Å²) in [6, 6.07) is 9.94. The molecule has 0 radical (unpaired) electrons. The zero-order valence-electron chi connectivity index (χ0n) is 10.4. The fraction of sp³-hybridized carbons (Fsp3) is 0.286. The number of hydrogen-bond donors (Lipinski definition) is 2. The van der Waals surface area contributed by atoms with Crippen molar-refractivity contribution < 1.29 is 10.0 Å². The largest absolute Gasteiger partial charge is 0.289 e. The standard InChI is InChI=1S/C14H14N2O2S/c1-8-15-7-10(19-8)12-11(13(12)14(17)16-18)9-5-3-2-4-6-9/h2-7,11-13,18H,1H3,(H,16,17)/t11-,12-,13-/m1/s1. The molecule has 1 aromatic carbocycles. The predicted octanol–water partition coefficient (Wildman–Crippen LogP) is 2.45. The summed E-state index contributed by atoms with van der Waals surface area (Å²) in [5.41, 5.74) is 2.91. The number of amides is 1. The number of rotatable bonds is 3. The topological polar surface area (TPSA) is 62.2 Å². The summed E-state index contributed by atoms with van der Waals surface area (Å²) in [5, 5.41) is 9.87. The van der Waals surface area contributed by atoms with Gasteiger partial charge in [-0.2, -0.15) is 0 Å². The molecule has 0 spiro atoms. The molecule has 1 aromatic heterocycles. The van der Waals surface area contributed by atoms with Gasteiger partial charge in [0.05, 0.1) is 10.9 Å². The van der Waals surface area contributed by atoms with Crippen LogP contribution in [0.2, 0.25) is 0 Å². The van der Waals surface area contributed by atoms with E-state index in [0.717, 1.165) is 15.4 Å². The molecule has 2 N–H and O–H groups in total. The molecule has 1 fully saturated rings. The van der Waals surface area contributed by atoms with E-state index in [1.165, 1.54) is 0 Å². The summed E-state index contributed by atoms with van der Waals surface area (Å²) in [7, 11) is 0. The number of thiazole rings is 1.